The van der Waals surface area contributed by atoms with Gasteiger partial charge in [-0.05, 0) is 95.4 Å². The van der Waals surface area contributed by atoms with E-state index in [-0.39, 0.29) is 11.3 Å². The fourth-order valence-corrected chi connectivity index (χ4v) is 5.88. The molecule has 0 saturated heterocycles. The molecule has 1 aliphatic carbocycles. The van der Waals surface area contributed by atoms with Crippen molar-refractivity contribution in [3.8, 4) is 5.75 Å². The highest BCUT2D eigenvalue weighted by molar-refractivity contribution is 7.96. The largest absolute Gasteiger partial charge is 0.504 e. The third kappa shape index (κ3) is 6.24. The number of hydrogen-bond acceptors (Lipinski definition) is 7. The summed E-state index contributed by atoms with van der Waals surface area (Å²) in [5, 5.41) is 13.8. The maximum absolute atomic E-state index is 13.7. The lowest BCUT2D eigenvalue weighted by Crippen LogP contribution is -2.45. The van der Waals surface area contributed by atoms with Crippen LogP contribution in [0.2, 0.25) is 0 Å². The number of carbonyl (C=O) groups excluding carboxylic acids is 2. The first-order valence-corrected chi connectivity index (χ1v) is 13.8. The van der Waals surface area contributed by atoms with E-state index in [4.69, 9.17) is 9.47 Å². The minimum Gasteiger partial charge on any atom is -0.504 e. The third-order valence-electron chi connectivity index (χ3n) is 6.33. The molecule has 1 saturated carbocycles. The SMILES string of the molecule is CCOc1ccc2c(c1)C1(CCC(O)CC1)C(=O)N2S(=O)(=O)C=CC=C(C=COC)C(=O)NC(C)(C)C. The molecule has 1 fully saturated rings. The maximum Gasteiger partial charge on any atom is 0.264 e. The number of methoxy groups -OCH3 is 1. The van der Waals surface area contributed by atoms with E-state index in [2.05, 4.69) is 5.32 Å². The number of aliphatic hydroxyl groups is 1. The number of nitrogens with one attached hydrogen (secondary N) is 1. The van der Waals surface area contributed by atoms with E-state index >= 15 is 0 Å². The summed E-state index contributed by atoms with van der Waals surface area (Å²) in [6.07, 6.45) is 6.26. The van der Waals surface area contributed by atoms with Gasteiger partial charge in [-0.2, -0.15) is 0 Å². The zero-order valence-electron chi connectivity index (χ0n) is 22.0. The van der Waals surface area contributed by atoms with Crippen molar-refractivity contribution >= 4 is 27.5 Å². The lowest BCUT2D eigenvalue weighted by molar-refractivity contribution is -0.124. The highest BCUT2D eigenvalue weighted by atomic mass is 32.2. The van der Waals surface area contributed by atoms with Crippen molar-refractivity contribution in [2.45, 2.75) is 70.4 Å². The normalized spacial score (nSPS) is 22.6. The molecule has 1 heterocycles. The summed E-state index contributed by atoms with van der Waals surface area (Å²) in [6.45, 7) is 7.76. The molecule has 0 atom stereocenters. The molecule has 0 radical (unpaired) electrons. The Balaban J connectivity index is 2.00. The molecule has 37 heavy (non-hydrogen) atoms. The van der Waals surface area contributed by atoms with Crippen LogP contribution in [-0.4, -0.2) is 50.7 Å². The second kappa shape index (κ2) is 11.1. The number of benzene rings is 1. The molecule has 9 nitrogen and oxygen atoms in total. The Morgan fingerprint density at radius 1 is 1.27 bits per heavy atom. The van der Waals surface area contributed by atoms with Crippen LogP contribution >= 0.6 is 0 Å². The van der Waals surface area contributed by atoms with Gasteiger partial charge in [0.05, 0.1) is 42.6 Å². The van der Waals surface area contributed by atoms with Crippen LogP contribution in [0.3, 0.4) is 0 Å². The van der Waals surface area contributed by atoms with Gasteiger partial charge in [0.25, 0.3) is 21.8 Å². The van der Waals surface area contributed by atoms with Gasteiger partial charge in [-0.3, -0.25) is 9.59 Å². The molecule has 10 heteroatoms. The van der Waals surface area contributed by atoms with Crippen LogP contribution in [0.4, 0.5) is 5.69 Å². The smallest absolute Gasteiger partial charge is 0.264 e. The molecule has 2 N–H and O–H groups in total. The van der Waals surface area contributed by atoms with E-state index in [1.165, 1.54) is 31.6 Å². The molecule has 2 amide bonds. The summed E-state index contributed by atoms with van der Waals surface area (Å²) in [4.78, 5) is 26.4. The topological polar surface area (TPSA) is 122 Å². The van der Waals surface area contributed by atoms with Gasteiger partial charge >= 0.3 is 0 Å². The fourth-order valence-electron chi connectivity index (χ4n) is 4.65. The number of amides is 2. The summed E-state index contributed by atoms with van der Waals surface area (Å²) in [5.41, 5.74) is -0.492. The van der Waals surface area contributed by atoms with Gasteiger partial charge in [-0.15, -0.1) is 0 Å². The molecule has 0 unspecified atom stereocenters. The van der Waals surface area contributed by atoms with Crippen LogP contribution in [0.15, 0.2) is 53.7 Å². The molecule has 2 aliphatic rings. The highest BCUT2D eigenvalue weighted by Gasteiger charge is 2.55. The van der Waals surface area contributed by atoms with Gasteiger partial charge in [0.1, 0.15) is 5.75 Å². The maximum atomic E-state index is 13.7. The Hall–Kier alpha value is -3.11. The van der Waals surface area contributed by atoms with E-state index in [1.807, 2.05) is 27.7 Å². The number of allylic oxidation sites excluding steroid dienone is 2. The van der Waals surface area contributed by atoms with Crippen molar-refractivity contribution in [2.75, 3.05) is 18.0 Å². The number of hydrogen-bond donors (Lipinski definition) is 2. The van der Waals surface area contributed by atoms with Crippen molar-refractivity contribution in [1.29, 1.82) is 0 Å². The molecule has 1 spiro atoms. The molecule has 1 aromatic rings. The van der Waals surface area contributed by atoms with E-state index in [1.54, 1.807) is 18.2 Å². The molecule has 0 aromatic heterocycles. The summed E-state index contributed by atoms with van der Waals surface area (Å²) in [7, 11) is -2.81. The second-order valence-corrected chi connectivity index (χ2v) is 11.9. The second-order valence-electron chi connectivity index (χ2n) is 10.2. The van der Waals surface area contributed by atoms with Gasteiger partial charge in [-0.25, -0.2) is 12.7 Å². The van der Waals surface area contributed by atoms with Crippen molar-refractivity contribution < 1.29 is 32.6 Å². The van der Waals surface area contributed by atoms with Crippen LogP contribution in [0, 0.1) is 0 Å². The van der Waals surface area contributed by atoms with Crippen molar-refractivity contribution in [2.24, 2.45) is 0 Å². The van der Waals surface area contributed by atoms with E-state index in [0.29, 0.717) is 43.6 Å². The molecule has 3 rings (SSSR count). The summed E-state index contributed by atoms with van der Waals surface area (Å²) in [5.74, 6) is -0.396. The minimum absolute atomic E-state index is 0.176. The summed E-state index contributed by atoms with van der Waals surface area (Å²) < 4.78 is 38.3. The number of nitrogens with zero attached hydrogens (tertiary/aromatic N) is 1. The number of rotatable bonds is 8. The summed E-state index contributed by atoms with van der Waals surface area (Å²) >= 11 is 0. The fraction of sp³-hybridized carbons (Fsp3) is 0.481. The Labute approximate surface area is 218 Å². The Bertz CT molecular complexity index is 1220. The highest BCUT2D eigenvalue weighted by Crippen LogP contribution is 2.52. The molecule has 0 bridgehead atoms. The minimum atomic E-state index is -4.25. The monoisotopic (exact) mass is 532 g/mol. The lowest BCUT2D eigenvalue weighted by Gasteiger charge is -2.34. The van der Waals surface area contributed by atoms with Crippen LogP contribution in [0.5, 0.6) is 5.75 Å². The Kier molecular flexibility index (Phi) is 8.54. The zero-order chi connectivity index (χ0) is 27.4. The number of fused-ring (bicyclic) bond motifs is 2. The van der Waals surface area contributed by atoms with Gasteiger partial charge in [0.2, 0.25) is 0 Å². The first-order chi connectivity index (χ1) is 17.3. The van der Waals surface area contributed by atoms with Crippen molar-refractivity contribution in [1.82, 2.24) is 5.32 Å². The van der Waals surface area contributed by atoms with Crippen LogP contribution in [-0.2, 0) is 29.8 Å². The Morgan fingerprint density at radius 2 is 1.95 bits per heavy atom. The van der Waals surface area contributed by atoms with Crippen molar-refractivity contribution in [3.05, 3.63) is 59.2 Å². The quantitative estimate of drug-likeness (QED) is 0.299. The van der Waals surface area contributed by atoms with Crippen LogP contribution in [0.25, 0.3) is 0 Å². The number of ether oxygens (including phenoxy) is 2. The number of sulfonamides is 1. The van der Waals surface area contributed by atoms with E-state index in [9.17, 15) is 23.1 Å². The number of anilines is 1. The first-order valence-electron chi connectivity index (χ1n) is 12.3. The lowest BCUT2D eigenvalue weighted by atomic mass is 9.69. The van der Waals surface area contributed by atoms with Crippen molar-refractivity contribution in [3.63, 3.8) is 0 Å². The molecule has 1 aromatic carbocycles. The van der Waals surface area contributed by atoms with E-state index < -0.39 is 38.9 Å². The Morgan fingerprint density at radius 3 is 2.54 bits per heavy atom. The number of aliphatic hydroxyl groups excluding tert-OH is 1. The van der Waals surface area contributed by atoms with Crippen LogP contribution < -0.4 is 14.4 Å². The average Bonchev–Trinajstić information content (AvgIpc) is 3.05. The molecule has 202 valence electrons. The number of carbonyl (C=O) groups is 2. The third-order valence-corrected chi connectivity index (χ3v) is 7.70. The zero-order valence-corrected chi connectivity index (χ0v) is 22.8. The van der Waals surface area contributed by atoms with E-state index in [0.717, 1.165) is 9.71 Å². The van der Waals surface area contributed by atoms with Gasteiger partial charge in [0, 0.05) is 11.1 Å². The predicted octanol–water partition coefficient (Wildman–Crippen LogP) is 3.45. The molecular weight excluding hydrogens is 496 g/mol. The van der Waals surface area contributed by atoms with Gasteiger partial charge < -0.3 is 19.9 Å². The van der Waals surface area contributed by atoms with Gasteiger partial charge in [0.15, 0.2) is 0 Å². The molecule has 1 aliphatic heterocycles. The van der Waals surface area contributed by atoms with Crippen LogP contribution in [0.1, 0.15) is 58.9 Å². The molecular formula is C27H36N2O7S. The predicted molar refractivity (Wildman–Crippen MR) is 141 cm³/mol. The van der Waals surface area contributed by atoms with Gasteiger partial charge in [-0.1, -0.05) is 0 Å². The first kappa shape index (κ1) is 28.5. The average molecular weight is 533 g/mol. The summed E-state index contributed by atoms with van der Waals surface area (Å²) in [6, 6.07) is 4.96. The standard InChI is InChI=1S/C27H36N2O7S/c1-6-36-21-9-10-23-22(18-21)27(14-11-20(30)12-15-27)25(32)29(23)37(33,34)17-7-8-19(13-16-35-5)24(31)28-26(2,3)4/h7-10,13,16-18,20,30H,6,11-12,14-15H2,1-5H3,(H,28,31).